The van der Waals surface area contributed by atoms with Crippen molar-refractivity contribution in [2.75, 3.05) is 11.9 Å². The second kappa shape index (κ2) is 10.3. The zero-order valence-electron chi connectivity index (χ0n) is 21.2. The third-order valence-electron chi connectivity index (χ3n) is 7.79. The summed E-state index contributed by atoms with van der Waals surface area (Å²) < 4.78 is 6.47. The van der Waals surface area contributed by atoms with E-state index in [4.69, 9.17) is 4.74 Å². The van der Waals surface area contributed by atoms with E-state index in [9.17, 15) is 19.5 Å². The standard InChI is InChI=1S/C27H39N3O5/c1-5-9-17(4)28-25(33)23-27-13-12-20(35-27)21(24(32)29-18-10-7-6-8-11-18)22(27)26(34)30(23)19(15-31)14-16(2)3/h6-8,10-11,16-17,19-23,31H,5,9,12-15H2,1-4H3,(H,28,33)(H,29,32)/t17?,19-,20+,21-,22+,23?,27?/m1/s1. The summed E-state index contributed by atoms with van der Waals surface area (Å²) in [7, 11) is 0. The predicted molar refractivity (Wildman–Crippen MR) is 132 cm³/mol. The zero-order valence-corrected chi connectivity index (χ0v) is 21.2. The Labute approximate surface area is 207 Å². The van der Waals surface area contributed by atoms with Crippen molar-refractivity contribution in [2.45, 2.75) is 89.6 Å². The van der Waals surface area contributed by atoms with Crippen molar-refractivity contribution in [2.24, 2.45) is 17.8 Å². The molecule has 2 bridgehead atoms. The molecular formula is C27H39N3O5. The van der Waals surface area contributed by atoms with Gasteiger partial charge in [-0.3, -0.25) is 14.4 Å². The Hall–Kier alpha value is -2.45. The van der Waals surface area contributed by atoms with Crippen LogP contribution in [-0.2, 0) is 19.1 Å². The lowest BCUT2D eigenvalue weighted by molar-refractivity contribution is -0.145. The van der Waals surface area contributed by atoms with Gasteiger partial charge in [-0.15, -0.1) is 0 Å². The van der Waals surface area contributed by atoms with Gasteiger partial charge in [0, 0.05) is 11.7 Å². The molecule has 0 saturated carbocycles. The number of nitrogens with one attached hydrogen (secondary N) is 2. The van der Waals surface area contributed by atoms with Gasteiger partial charge in [0.1, 0.15) is 11.6 Å². The number of carbonyl (C=O) groups excluding carboxylic acids is 3. The highest BCUT2D eigenvalue weighted by Gasteiger charge is 2.75. The van der Waals surface area contributed by atoms with Crippen LogP contribution < -0.4 is 10.6 Å². The molecule has 4 rings (SSSR count). The summed E-state index contributed by atoms with van der Waals surface area (Å²) in [5, 5.41) is 16.3. The summed E-state index contributed by atoms with van der Waals surface area (Å²) in [5.74, 6) is -1.98. The van der Waals surface area contributed by atoms with Gasteiger partial charge in [0.15, 0.2) is 0 Å². The van der Waals surface area contributed by atoms with E-state index in [1.54, 1.807) is 17.0 Å². The molecule has 1 aromatic carbocycles. The Morgan fingerprint density at radius 2 is 1.91 bits per heavy atom. The molecule has 3 saturated heterocycles. The van der Waals surface area contributed by atoms with Gasteiger partial charge < -0.3 is 25.4 Å². The zero-order chi connectivity index (χ0) is 25.3. The molecule has 3 aliphatic rings. The predicted octanol–water partition coefficient (Wildman–Crippen LogP) is 2.71. The minimum Gasteiger partial charge on any atom is -0.394 e. The molecule has 3 aliphatic heterocycles. The lowest BCUT2D eigenvalue weighted by Crippen LogP contribution is -2.59. The average molecular weight is 486 g/mol. The third kappa shape index (κ3) is 4.58. The molecule has 7 atom stereocenters. The lowest BCUT2D eigenvalue weighted by Gasteiger charge is -2.37. The molecule has 3 amide bonds. The number of aliphatic hydroxyl groups excluding tert-OH is 1. The molecule has 3 unspecified atom stereocenters. The van der Waals surface area contributed by atoms with Gasteiger partial charge in [-0.05, 0) is 50.7 Å². The van der Waals surface area contributed by atoms with Gasteiger partial charge in [0.25, 0.3) is 0 Å². The highest BCUT2D eigenvalue weighted by molar-refractivity contribution is 6.02. The van der Waals surface area contributed by atoms with Crippen molar-refractivity contribution in [3.63, 3.8) is 0 Å². The van der Waals surface area contributed by atoms with Crippen LogP contribution in [0.1, 0.15) is 59.8 Å². The Kier molecular flexibility index (Phi) is 7.52. The Morgan fingerprint density at radius 3 is 2.54 bits per heavy atom. The molecule has 0 radical (unpaired) electrons. The Bertz CT molecular complexity index is 938. The van der Waals surface area contributed by atoms with Gasteiger partial charge in [-0.1, -0.05) is 45.4 Å². The fraction of sp³-hybridized carbons (Fsp3) is 0.667. The summed E-state index contributed by atoms with van der Waals surface area (Å²) in [6.07, 6.45) is 3.06. The van der Waals surface area contributed by atoms with Crippen LogP contribution in [0, 0.1) is 17.8 Å². The number of para-hydroxylation sites is 1. The van der Waals surface area contributed by atoms with Crippen molar-refractivity contribution in [1.82, 2.24) is 10.2 Å². The topological polar surface area (TPSA) is 108 Å². The van der Waals surface area contributed by atoms with E-state index < -0.39 is 35.6 Å². The van der Waals surface area contributed by atoms with Gasteiger partial charge in [-0.25, -0.2) is 0 Å². The molecule has 192 valence electrons. The molecule has 0 aliphatic carbocycles. The number of aliphatic hydroxyl groups is 1. The van der Waals surface area contributed by atoms with Crippen molar-refractivity contribution < 1.29 is 24.2 Å². The van der Waals surface area contributed by atoms with E-state index in [2.05, 4.69) is 17.6 Å². The summed E-state index contributed by atoms with van der Waals surface area (Å²) in [6, 6.07) is 7.73. The van der Waals surface area contributed by atoms with Crippen LogP contribution in [0.4, 0.5) is 5.69 Å². The highest BCUT2D eigenvalue weighted by atomic mass is 16.5. The van der Waals surface area contributed by atoms with E-state index in [0.29, 0.717) is 24.9 Å². The first kappa shape index (κ1) is 25.6. The van der Waals surface area contributed by atoms with Gasteiger partial charge in [-0.2, -0.15) is 0 Å². The fourth-order valence-electron chi connectivity index (χ4n) is 6.48. The lowest BCUT2D eigenvalue weighted by atomic mass is 9.70. The quantitative estimate of drug-likeness (QED) is 0.472. The number of ether oxygens (including phenoxy) is 1. The molecular weight excluding hydrogens is 446 g/mol. The van der Waals surface area contributed by atoms with E-state index in [-0.39, 0.29) is 36.3 Å². The van der Waals surface area contributed by atoms with E-state index in [1.165, 1.54) is 0 Å². The average Bonchev–Trinajstić information content (AvgIpc) is 3.45. The van der Waals surface area contributed by atoms with Crippen molar-refractivity contribution in [3.8, 4) is 0 Å². The number of hydrogen-bond donors (Lipinski definition) is 3. The number of hydrogen-bond acceptors (Lipinski definition) is 5. The molecule has 8 nitrogen and oxygen atoms in total. The monoisotopic (exact) mass is 485 g/mol. The number of rotatable bonds is 10. The molecule has 35 heavy (non-hydrogen) atoms. The minimum atomic E-state index is -1.05. The number of fused-ring (bicyclic) bond motifs is 1. The van der Waals surface area contributed by atoms with Crippen LogP contribution in [0.25, 0.3) is 0 Å². The summed E-state index contributed by atoms with van der Waals surface area (Å²) >= 11 is 0. The Morgan fingerprint density at radius 1 is 1.20 bits per heavy atom. The minimum absolute atomic E-state index is 0.0478. The number of nitrogens with zero attached hydrogens (tertiary/aromatic N) is 1. The van der Waals surface area contributed by atoms with Gasteiger partial charge in [0.2, 0.25) is 17.7 Å². The van der Waals surface area contributed by atoms with Crippen LogP contribution in [0.5, 0.6) is 0 Å². The summed E-state index contributed by atoms with van der Waals surface area (Å²) in [5.41, 5.74) is -0.395. The first-order valence-corrected chi connectivity index (χ1v) is 13.0. The number of anilines is 1. The molecule has 3 N–H and O–H groups in total. The maximum Gasteiger partial charge on any atom is 0.246 e. The van der Waals surface area contributed by atoms with E-state index in [1.807, 2.05) is 39.0 Å². The first-order chi connectivity index (χ1) is 16.7. The molecule has 0 aromatic heterocycles. The van der Waals surface area contributed by atoms with Crippen molar-refractivity contribution in [1.29, 1.82) is 0 Å². The van der Waals surface area contributed by atoms with Crippen LogP contribution in [0.15, 0.2) is 30.3 Å². The van der Waals surface area contributed by atoms with E-state index >= 15 is 0 Å². The molecule has 3 heterocycles. The summed E-state index contributed by atoms with van der Waals surface area (Å²) in [4.78, 5) is 42.7. The molecule has 3 fully saturated rings. The van der Waals surface area contributed by atoms with Crippen molar-refractivity contribution >= 4 is 23.4 Å². The highest BCUT2D eigenvalue weighted by Crippen LogP contribution is 2.59. The summed E-state index contributed by atoms with van der Waals surface area (Å²) in [6.45, 7) is 7.83. The second-order valence-corrected chi connectivity index (χ2v) is 10.8. The molecule has 8 heteroatoms. The molecule has 1 aromatic rings. The van der Waals surface area contributed by atoms with Crippen molar-refractivity contribution in [3.05, 3.63) is 30.3 Å². The van der Waals surface area contributed by atoms with Gasteiger partial charge in [0.05, 0.1) is 30.6 Å². The largest absolute Gasteiger partial charge is 0.394 e. The van der Waals surface area contributed by atoms with Crippen LogP contribution in [0.3, 0.4) is 0 Å². The number of carbonyl (C=O) groups is 3. The normalized spacial score (nSPS) is 30.9. The van der Waals surface area contributed by atoms with Crippen LogP contribution >= 0.6 is 0 Å². The number of likely N-dealkylation sites (tertiary alicyclic amines) is 1. The van der Waals surface area contributed by atoms with Crippen LogP contribution in [-0.4, -0.2) is 64.2 Å². The Balaban J connectivity index is 1.69. The SMILES string of the molecule is CCCC(C)NC(=O)C1N([C@@H](CO)CC(C)C)C(=O)[C@@H]2[C@H](C(=O)Nc3ccccc3)[C@@H]3CCC12O3. The van der Waals surface area contributed by atoms with Crippen LogP contribution in [0.2, 0.25) is 0 Å². The third-order valence-corrected chi connectivity index (χ3v) is 7.79. The first-order valence-electron chi connectivity index (χ1n) is 13.0. The van der Waals surface area contributed by atoms with Gasteiger partial charge >= 0.3 is 0 Å². The van der Waals surface area contributed by atoms with E-state index in [0.717, 1.165) is 12.8 Å². The maximum atomic E-state index is 14.0. The molecule has 1 spiro atoms. The number of amides is 3. The second-order valence-electron chi connectivity index (χ2n) is 10.8. The number of benzene rings is 1. The maximum absolute atomic E-state index is 14.0. The fourth-order valence-corrected chi connectivity index (χ4v) is 6.48. The smallest absolute Gasteiger partial charge is 0.246 e.